The second-order valence-corrected chi connectivity index (χ2v) is 6.70. The van der Waals surface area contributed by atoms with Crippen LogP contribution >= 0.6 is 45.5 Å². The molecule has 88 valence electrons. The number of halogens is 3. The SMILES string of the molecule is O=C(Cc1ccc(F)c(Cl)c1)c1csc(I)c1. The third kappa shape index (κ3) is 3.26. The van der Waals surface area contributed by atoms with Crippen molar-refractivity contribution in [3.8, 4) is 0 Å². The van der Waals surface area contributed by atoms with Crippen LogP contribution in [0.2, 0.25) is 5.02 Å². The van der Waals surface area contributed by atoms with E-state index in [9.17, 15) is 9.18 Å². The number of Topliss-reactive ketones (excluding diaryl/α,β-unsaturated/α-hetero) is 1. The summed E-state index contributed by atoms with van der Waals surface area (Å²) in [5.74, 6) is -0.445. The van der Waals surface area contributed by atoms with Crippen molar-refractivity contribution < 1.29 is 9.18 Å². The Balaban J connectivity index is 2.15. The summed E-state index contributed by atoms with van der Waals surface area (Å²) in [6, 6.07) is 6.20. The van der Waals surface area contributed by atoms with E-state index in [1.165, 1.54) is 23.5 Å². The van der Waals surface area contributed by atoms with Gasteiger partial charge in [0.2, 0.25) is 0 Å². The Labute approximate surface area is 121 Å². The number of benzene rings is 1. The van der Waals surface area contributed by atoms with E-state index in [0.717, 1.165) is 8.45 Å². The highest BCUT2D eigenvalue weighted by atomic mass is 127. The highest BCUT2D eigenvalue weighted by Gasteiger charge is 2.10. The number of carbonyl (C=O) groups is 1. The summed E-state index contributed by atoms with van der Waals surface area (Å²) < 4.78 is 14.0. The first-order chi connectivity index (χ1) is 8.06. The third-order valence-corrected chi connectivity index (χ3v) is 4.32. The molecule has 0 atom stereocenters. The van der Waals surface area contributed by atoms with Gasteiger partial charge in [0, 0.05) is 17.4 Å². The number of thiophene rings is 1. The van der Waals surface area contributed by atoms with Crippen LogP contribution in [-0.4, -0.2) is 5.78 Å². The monoisotopic (exact) mass is 380 g/mol. The molecule has 0 amide bonds. The maximum Gasteiger partial charge on any atom is 0.168 e. The Morgan fingerprint density at radius 3 is 2.76 bits per heavy atom. The van der Waals surface area contributed by atoms with Gasteiger partial charge in [-0.25, -0.2) is 4.39 Å². The second kappa shape index (κ2) is 5.46. The molecule has 0 unspecified atom stereocenters. The Morgan fingerprint density at radius 1 is 1.41 bits per heavy atom. The average Bonchev–Trinajstić information content (AvgIpc) is 2.70. The van der Waals surface area contributed by atoms with Gasteiger partial charge in [0.05, 0.1) is 7.91 Å². The van der Waals surface area contributed by atoms with Crippen molar-refractivity contribution >= 4 is 51.3 Å². The van der Waals surface area contributed by atoms with E-state index in [-0.39, 0.29) is 17.2 Å². The van der Waals surface area contributed by atoms with E-state index in [1.807, 2.05) is 11.4 Å². The average molecular weight is 381 g/mol. The van der Waals surface area contributed by atoms with Crippen LogP contribution in [0.5, 0.6) is 0 Å². The number of hydrogen-bond donors (Lipinski definition) is 0. The van der Waals surface area contributed by atoms with E-state index in [4.69, 9.17) is 11.6 Å². The minimum Gasteiger partial charge on any atom is -0.294 e. The van der Waals surface area contributed by atoms with Crippen LogP contribution in [-0.2, 0) is 6.42 Å². The minimum atomic E-state index is -0.465. The lowest BCUT2D eigenvalue weighted by molar-refractivity contribution is 0.0993. The van der Waals surface area contributed by atoms with Crippen molar-refractivity contribution in [3.63, 3.8) is 0 Å². The topological polar surface area (TPSA) is 17.1 Å². The van der Waals surface area contributed by atoms with Crippen LogP contribution in [0.1, 0.15) is 15.9 Å². The molecule has 0 aliphatic heterocycles. The molecule has 0 N–H and O–H groups in total. The van der Waals surface area contributed by atoms with Crippen LogP contribution in [0.25, 0.3) is 0 Å². The molecule has 17 heavy (non-hydrogen) atoms. The summed E-state index contributed by atoms with van der Waals surface area (Å²) in [6.45, 7) is 0. The predicted octanol–water partition coefficient (Wildman–Crippen LogP) is 4.57. The Bertz CT molecular complexity index is 567. The molecule has 0 bridgehead atoms. The Morgan fingerprint density at radius 2 is 2.18 bits per heavy atom. The maximum atomic E-state index is 12.9. The van der Waals surface area contributed by atoms with Crippen LogP contribution in [0.4, 0.5) is 4.39 Å². The lowest BCUT2D eigenvalue weighted by atomic mass is 10.1. The molecule has 1 heterocycles. The first-order valence-electron chi connectivity index (χ1n) is 4.77. The van der Waals surface area contributed by atoms with Gasteiger partial charge in [0.15, 0.2) is 5.78 Å². The summed E-state index contributed by atoms with van der Waals surface area (Å²) >= 11 is 9.36. The molecule has 1 nitrogen and oxygen atoms in total. The fourth-order valence-corrected chi connectivity index (χ4v) is 2.95. The standard InChI is InChI=1S/C12H7ClFIOS/c13-9-3-7(1-2-10(9)14)4-11(16)8-5-12(15)17-6-8/h1-3,5-6H,4H2. The van der Waals surface area contributed by atoms with Gasteiger partial charge in [0.25, 0.3) is 0 Å². The quantitative estimate of drug-likeness (QED) is 0.563. The molecule has 2 rings (SSSR count). The molecule has 2 aromatic rings. The van der Waals surface area contributed by atoms with Gasteiger partial charge in [-0.2, -0.15) is 0 Å². The zero-order valence-electron chi connectivity index (χ0n) is 8.54. The zero-order valence-corrected chi connectivity index (χ0v) is 12.3. The third-order valence-electron chi connectivity index (χ3n) is 2.24. The van der Waals surface area contributed by atoms with Crippen molar-refractivity contribution in [1.82, 2.24) is 0 Å². The number of ketones is 1. The summed E-state index contributed by atoms with van der Waals surface area (Å²) in [4.78, 5) is 11.9. The van der Waals surface area contributed by atoms with E-state index < -0.39 is 5.82 Å². The van der Waals surface area contributed by atoms with Crippen LogP contribution in [0.3, 0.4) is 0 Å². The number of rotatable bonds is 3. The molecule has 1 aromatic carbocycles. The van der Waals surface area contributed by atoms with Crippen molar-refractivity contribution in [2.75, 3.05) is 0 Å². The van der Waals surface area contributed by atoms with Gasteiger partial charge in [-0.15, -0.1) is 11.3 Å². The molecule has 5 heteroatoms. The second-order valence-electron chi connectivity index (χ2n) is 3.49. The van der Waals surface area contributed by atoms with E-state index in [2.05, 4.69) is 22.6 Å². The lowest BCUT2D eigenvalue weighted by Crippen LogP contribution is -2.02. The molecule has 0 fully saturated rings. The number of hydrogen-bond acceptors (Lipinski definition) is 2. The van der Waals surface area contributed by atoms with Gasteiger partial charge in [0.1, 0.15) is 5.82 Å². The van der Waals surface area contributed by atoms with E-state index >= 15 is 0 Å². The highest BCUT2D eigenvalue weighted by molar-refractivity contribution is 14.1. The van der Waals surface area contributed by atoms with Gasteiger partial charge in [-0.3, -0.25) is 4.79 Å². The van der Waals surface area contributed by atoms with Crippen LogP contribution < -0.4 is 0 Å². The first kappa shape index (κ1) is 13.0. The van der Waals surface area contributed by atoms with Crippen molar-refractivity contribution in [3.05, 3.63) is 54.5 Å². The minimum absolute atomic E-state index is 0.0202. The van der Waals surface area contributed by atoms with Gasteiger partial charge >= 0.3 is 0 Å². The van der Waals surface area contributed by atoms with E-state index in [1.54, 1.807) is 6.07 Å². The van der Waals surface area contributed by atoms with Crippen molar-refractivity contribution in [1.29, 1.82) is 0 Å². The molecular formula is C12H7ClFIOS. The Hall–Kier alpha value is -0.460. The molecule has 0 aliphatic carbocycles. The molecule has 1 aromatic heterocycles. The van der Waals surface area contributed by atoms with Crippen molar-refractivity contribution in [2.24, 2.45) is 0 Å². The summed E-state index contributed by atoms with van der Waals surface area (Å²) in [5, 5.41) is 1.88. The van der Waals surface area contributed by atoms with E-state index in [0.29, 0.717) is 5.56 Å². The smallest absolute Gasteiger partial charge is 0.168 e. The zero-order chi connectivity index (χ0) is 12.4. The first-order valence-corrected chi connectivity index (χ1v) is 7.11. The Kier molecular flexibility index (Phi) is 4.17. The summed E-state index contributed by atoms with van der Waals surface area (Å²) in [5.41, 5.74) is 1.42. The molecule has 0 spiro atoms. The molecule has 0 saturated heterocycles. The van der Waals surface area contributed by atoms with Crippen LogP contribution in [0, 0.1) is 8.70 Å². The summed E-state index contributed by atoms with van der Waals surface area (Å²) in [6.07, 6.45) is 0.243. The van der Waals surface area contributed by atoms with Crippen molar-refractivity contribution in [2.45, 2.75) is 6.42 Å². The van der Waals surface area contributed by atoms with Gasteiger partial charge in [-0.05, 0) is 46.4 Å². The lowest BCUT2D eigenvalue weighted by Gasteiger charge is -2.01. The molecular weight excluding hydrogens is 374 g/mol. The predicted molar refractivity (Wildman–Crippen MR) is 76.5 cm³/mol. The fourth-order valence-electron chi connectivity index (χ4n) is 1.39. The normalized spacial score (nSPS) is 10.5. The fraction of sp³-hybridized carbons (Fsp3) is 0.0833. The van der Waals surface area contributed by atoms with Crippen LogP contribution in [0.15, 0.2) is 29.6 Å². The van der Waals surface area contributed by atoms with Gasteiger partial charge < -0.3 is 0 Å². The summed E-state index contributed by atoms with van der Waals surface area (Å²) in [7, 11) is 0. The highest BCUT2D eigenvalue weighted by Crippen LogP contribution is 2.20. The molecule has 0 saturated carbocycles. The molecule has 0 aliphatic rings. The maximum absolute atomic E-state index is 12.9. The molecule has 0 radical (unpaired) electrons. The van der Waals surface area contributed by atoms with Gasteiger partial charge in [-0.1, -0.05) is 17.7 Å². The number of carbonyl (C=O) groups excluding carboxylic acids is 1. The largest absolute Gasteiger partial charge is 0.294 e.